The molecule has 0 saturated heterocycles. The van der Waals surface area contributed by atoms with Gasteiger partial charge in [0.05, 0.1) is 9.85 Å². The zero-order valence-electron chi connectivity index (χ0n) is 28.2. The number of nitro groups is 2. The molecule has 0 amide bonds. The average Bonchev–Trinajstić information content (AvgIpc) is 3.91. The van der Waals surface area contributed by atoms with E-state index in [1.165, 1.54) is 12.1 Å². The van der Waals surface area contributed by atoms with Crippen molar-refractivity contribution in [1.29, 1.82) is 0 Å². The lowest BCUT2D eigenvalue weighted by Gasteiger charge is -2.44. The molecule has 30 heteroatoms. The van der Waals surface area contributed by atoms with E-state index in [0.29, 0.717) is 0 Å². The summed E-state index contributed by atoms with van der Waals surface area (Å²) in [7, 11) is 0. The first kappa shape index (κ1) is 47.5. The second-order valence-corrected chi connectivity index (χ2v) is 18.0. The van der Waals surface area contributed by atoms with Crippen LogP contribution >= 0.6 is 22.7 Å². The Hall–Kier alpha value is -5.53. The summed E-state index contributed by atoms with van der Waals surface area (Å²) in [5.74, 6) is -71.4. The van der Waals surface area contributed by atoms with Gasteiger partial charge < -0.3 is 0 Å². The Labute approximate surface area is 345 Å². The van der Waals surface area contributed by atoms with Crippen LogP contribution in [-0.2, 0) is 0 Å². The van der Waals surface area contributed by atoms with Crippen LogP contribution in [0.2, 0.25) is 0 Å². The summed E-state index contributed by atoms with van der Waals surface area (Å²) in [5.41, 5.74) is -14.3. The quantitative estimate of drug-likeness (QED) is 0.0379. The maximum absolute atomic E-state index is 15.4. The van der Waals surface area contributed by atoms with E-state index < -0.39 is 175 Å². The molecule has 0 saturated carbocycles. The molecule has 62 heavy (non-hydrogen) atoms. The van der Waals surface area contributed by atoms with Crippen LogP contribution in [0.15, 0.2) is 24.3 Å². The number of thiophene rings is 2. The smallest absolute Gasteiger partial charge is 0.258 e. The van der Waals surface area contributed by atoms with E-state index >= 15 is 35.1 Å². The summed E-state index contributed by atoms with van der Waals surface area (Å²) in [6.07, 6.45) is -7.22. The molecule has 328 valence electrons. The summed E-state index contributed by atoms with van der Waals surface area (Å²) >= 11 is 1.73. The minimum absolute atomic E-state index is 0.116. The number of hydrogen-bond donors (Lipinski definition) is 0. The van der Waals surface area contributed by atoms with Gasteiger partial charge in [-0.3, -0.25) is 20.2 Å². The minimum atomic E-state index is -7.22. The minimum Gasteiger partial charge on any atom is -0.258 e. The van der Waals surface area contributed by atoms with E-state index in [4.69, 9.17) is 0 Å². The van der Waals surface area contributed by atoms with Gasteiger partial charge in [-0.25, -0.2) is 87.8 Å². The Morgan fingerprint density at radius 1 is 0.339 bits per heavy atom. The molecule has 2 heterocycles. The monoisotopic (exact) mass is 1060 g/mol. The van der Waals surface area contributed by atoms with Crippen molar-refractivity contribution in [2.24, 2.45) is 0 Å². The Bertz CT molecular complexity index is 2450. The Balaban J connectivity index is 0.000000355. The highest BCUT2D eigenvalue weighted by atomic mass is 127. The highest BCUT2D eigenvalue weighted by Gasteiger charge is 2.52. The van der Waals surface area contributed by atoms with E-state index in [9.17, 15) is 72.9 Å². The summed E-state index contributed by atoms with van der Waals surface area (Å²) in [4.78, 5) is 20.2. The van der Waals surface area contributed by atoms with E-state index in [-0.39, 0.29) is 10.0 Å². The van der Waals surface area contributed by atoms with Gasteiger partial charge in [-0.2, -0.15) is 0 Å². The first-order chi connectivity index (χ1) is 28.8. The fourth-order valence-electron chi connectivity index (χ4n) is 5.87. The van der Waals surface area contributed by atoms with Crippen molar-refractivity contribution in [2.45, 2.75) is 0 Å². The van der Waals surface area contributed by atoms with Crippen LogP contribution in [0.5, 0.6) is 0 Å². The summed E-state index contributed by atoms with van der Waals surface area (Å²) < 4.78 is 296. The molecule has 0 atom stereocenters. The fraction of sp³-hybridized carbons (Fsp3) is 0. The molecule has 6 nitrogen and oxygen atoms in total. The predicted molar refractivity (Wildman–Crippen MR) is 169 cm³/mol. The van der Waals surface area contributed by atoms with Crippen LogP contribution in [0, 0.1) is 142 Å². The Morgan fingerprint density at radius 2 is 0.516 bits per heavy atom. The Kier molecular flexibility index (Phi) is 13.3. The van der Waals surface area contributed by atoms with Gasteiger partial charge in [0.2, 0.25) is 0 Å². The van der Waals surface area contributed by atoms with Crippen LogP contribution in [0.25, 0.3) is 0 Å². The predicted octanol–water partition coefficient (Wildman–Crippen LogP) is 5.60. The molecule has 6 rings (SSSR count). The third-order valence-corrected chi connectivity index (χ3v) is 14.2. The summed E-state index contributed by atoms with van der Waals surface area (Å²) in [6.45, 7) is 0. The number of nitrogens with zero attached hydrogens (tertiary/aromatic N) is 2. The zero-order valence-corrected chi connectivity index (χ0v) is 32.0. The summed E-state index contributed by atoms with van der Waals surface area (Å²) in [6, 6.07) is 6.40. The molecule has 2 aromatic heterocycles. The number of rotatable bonds is 8. The van der Waals surface area contributed by atoms with Gasteiger partial charge in [0, 0.05) is 24.3 Å². The van der Waals surface area contributed by atoms with Crippen molar-refractivity contribution in [3.8, 4) is 0 Å². The lowest BCUT2D eigenvalue weighted by Crippen LogP contribution is -3.61. The topological polar surface area (TPSA) is 86.3 Å². The maximum atomic E-state index is 15.4. The van der Waals surface area contributed by atoms with Crippen molar-refractivity contribution in [3.05, 3.63) is 167 Å². The molecule has 0 spiro atoms. The molecule has 0 bridgehead atoms. The molecule has 0 aliphatic rings. The van der Waals surface area contributed by atoms with Crippen LogP contribution in [-0.4, -0.2) is 16.0 Å². The standard InChI is InChI=1S/C24BF20.C8H4IN2O4S2/c26-5-1(6(27)14(35)21(42)13(5)34)25(2-7(28)15(36)22(43)16(37)8(2)29,3-9(30)17(38)23(44)18(39)10(3)31)4-11(32)19(40)24(45)20(41)12(4)33;12-10(13)7-3-1-5(16-7)9-6-2-4-8(17-6)11(14)15/h;1-4H/q-1;+1. The molecule has 0 N–H and O–H groups in total. The van der Waals surface area contributed by atoms with E-state index in [0.717, 1.165) is 28.4 Å². The van der Waals surface area contributed by atoms with Gasteiger partial charge in [-0.05, 0) is 22.7 Å². The van der Waals surface area contributed by atoms with Gasteiger partial charge in [0.1, 0.15) is 52.7 Å². The average molecular weight is 1060 g/mol. The normalized spacial score (nSPS) is 11.5. The van der Waals surface area contributed by atoms with Crippen LogP contribution in [0.3, 0.4) is 0 Å². The Morgan fingerprint density at radius 3 is 0.677 bits per heavy atom. The van der Waals surface area contributed by atoms with Crippen LogP contribution in [0.4, 0.5) is 97.8 Å². The van der Waals surface area contributed by atoms with Crippen molar-refractivity contribution >= 4 is 60.7 Å². The second-order valence-electron chi connectivity index (χ2n) is 11.6. The van der Waals surface area contributed by atoms with Gasteiger partial charge in [-0.1, -0.05) is 0 Å². The first-order valence-corrected chi connectivity index (χ1v) is 18.9. The molecule has 6 aromatic rings. The van der Waals surface area contributed by atoms with Crippen LogP contribution < -0.4 is 43.1 Å². The lowest BCUT2D eigenvalue weighted by atomic mass is 9.12. The third kappa shape index (κ3) is 7.46. The molecule has 0 fully saturated rings. The maximum Gasteiger partial charge on any atom is 0.382 e. The van der Waals surface area contributed by atoms with E-state index in [1.807, 2.05) is 0 Å². The highest BCUT2D eigenvalue weighted by molar-refractivity contribution is 7.20. The zero-order chi connectivity index (χ0) is 46.8. The third-order valence-electron chi connectivity index (χ3n) is 8.37. The molecular weight excluding hydrogens is 1060 g/mol. The largest absolute Gasteiger partial charge is 0.382 e. The van der Waals surface area contributed by atoms with E-state index in [2.05, 4.69) is 0 Å². The number of hydrogen-bond acceptors (Lipinski definition) is 6. The van der Waals surface area contributed by atoms with E-state index in [1.54, 1.807) is 12.1 Å². The molecule has 4 aromatic carbocycles. The van der Waals surface area contributed by atoms with Crippen molar-refractivity contribution in [1.82, 2.24) is 0 Å². The van der Waals surface area contributed by atoms with Crippen molar-refractivity contribution in [3.63, 3.8) is 0 Å². The molecule has 0 aliphatic heterocycles. The van der Waals surface area contributed by atoms with Gasteiger partial charge in [0.15, 0.2) is 69.8 Å². The van der Waals surface area contributed by atoms with Crippen molar-refractivity contribution in [2.75, 3.05) is 0 Å². The molecular formula is C32H4BF20IN2O4S2. The second kappa shape index (κ2) is 17.3. The molecule has 0 aliphatic carbocycles. The SMILES string of the molecule is Fc1c(F)c(F)c([B-](c2c(F)c(F)c(F)c(F)c2F)(c2c(F)c(F)c(F)c(F)c2F)c2c(F)c(F)c(F)c(F)c2F)c(F)c1F.O=[N+]([O-])c1ccc([I+]c2ccc([N+](=O)[O-])s2)s1. The van der Waals surface area contributed by atoms with Gasteiger partial charge in [-0.15, -0.1) is 21.9 Å². The number of halogens is 21. The first-order valence-electron chi connectivity index (χ1n) is 15.1. The number of benzene rings is 4. The summed E-state index contributed by atoms with van der Waals surface area (Å²) in [5, 5.41) is 21.2. The highest BCUT2D eigenvalue weighted by Crippen LogP contribution is 2.31. The lowest BCUT2D eigenvalue weighted by molar-refractivity contribution is -0.585. The molecule has 0 unspecified atom stereocenters. The molecule has 0 radical (unpaired) electrons. The fourth-order valence-corrected chi connectivity index (χ4v) is 11.7. The van der Waals surface area contributed by atoms with Crippen LogP contribution in [0.1, 0.15) is 0 Å². The van der Waals surface area contributed by atoms with Gasteiger partial charge >= 0.3 is 31.2 Å². The van der Waals surface area contributed by atoms with Gasteiger partial charge in [0.25, 0.3) is 5.77 Å². The van der Waals surface area contributed by atoms with Crippen molar-refractivity contribution < 1.29 is 119 Å².